The third-order valence-electron chi connectivity index (χ3n) is 2.30. The average Bonchev–Trinajstić information content (AvgIpc) is 1.83. The summed E-state index contributed by atoms with van der Waals surface area (Å²) >= 11 is 3.68. The Morgan fingerprint density at radius 1 is 1.30 bits per heavy atom. The molecule has 0 rings (SSSR count). The summed E-state index contributed by atoms with van der Waals surface area (Å²) in [5, 5.41) is 0. The molecule has 0 fully saturated rings. The Labute approximate surface area is 73.5 Å². The van der Waals surface area contributed by atoms with E-state index < -0.39 is 0 Å². The summed E-state index contributed by atoms with van der Waals surface area (Å²) in [7, 11) is 0. The first-order valence-electron chi connectivity index (χ1n) is 4.03. The Hall–Kier alpha value is 0.480. The number of rotatable bonds is 2. The zero-order chi connectivity index (χ0) is 8.36. The van der Waals surface area contributed by atoms with Gasteiger partial charge in [-0.1, -0.05) is 50.5 Å². The number of alkyl halides is 1. The van der Waals surface area contributed by atoms with Gasteiger partial charge in [0.25, 0.3) is 0 Å². The molecular formula is C9H19Br. The first-order chi connectivity index (χ1) is 4.39. The molecular weight excluding hydrogens is 188 g/mol. The SMILES string of the molecule is CCC(Br)C(C)C(C)(C)C. The van der Waals surface area contributed by atoms with Crippen LogP contribution in [0.5, 0.6) is 0 Å². The van der Waals surface area contributed by atoms with E-state index in [2.05, 4.69) is 50.5 Å². The van der Waals surface area contributed by atoms with Gasteiger partial charge < -0.3 is 0 Å². The van der Waals surface area contributed by atoms with Crippen molar-refractivity contribution in [1.82, 2.24) is 0 Å². The molecule has 0 saturated carbocycles. The molecule has 1 heteroatoms. The normalized spacial score (nSPS) is 18.6. The van der Waals surface area contributed by atoms with Gasteiger partial charge >= 0.3 is 0 Å². The van der Waals surface area contributed by atoms with Gasteiger partial charge in [0.15, 0.2) is 0 Å². The molecule has 0 spiro atoms. The van der Waals surface area contributed by atoms with Crippen LogP contribution < -0.4 is 0 Å². The zero-order valence-electron chi connectivity index (χ0n) is 7.74. The Morgan fingerprint density at radius 2 is 1.70 bits per heavy atom. The maximum absolute atomic E-state index is 3.68. The van der Waals surface area contributed by atoms with E-state index in [0.29, 0.717) is 10.2 Å². The first-order valence-corrected chi connectivity index (χ1v) is 4.95. The standard InChI is InChI=1S/C9H19Br/c1-6-8(10)7(2)9(3,4)5/h7-8H,6H2,1-5H3. The minimum atomic E-state index is 0.435. The summed E-state index contributed by atoms with van der Waals surface area (Å²) < 4.78 is 0. The predicted octanol–water partition coefficient (Wildman–Crippen LogP) is 3.84. The van der Waals surface area contributed by atoms with E-state index in [-0.39, 0.29) is 0 Å². The van der Waals surface area contributed by atoms with Gasteiger partial charge in [0.05, 0.1) is 0 Å². The largest absolute Gasteiger partial charge is 0.0888 e. The van der Waals surface area contributed by atoms with Crippen LogP contribution >= 0.6 is 15.9 Å². The fourth-order valence-corrected chi connectivity index (χ4v) is 1.69. The molecule has 0 aliphatic rings. The summed E-state index contributed by atoms with van der Waals surface area (Å²) in [6, 6.07) is 0. The van der Waals surface area contributed by atoms with E-state index in [1.165, 1.54) is 6.42 Å². The minimum Gasteiger partial charge on any atom is -0.0888 e. The van der Waals surface area contributed by atoms with E-state index >= 15 is 0 Å². The van der Waals surface area contributed by atoms with Crippen molar-refractivity contribution in [2.24, 2.45) is 11.3 Å². The van der Waals surface area contributed by atoms with E-state index in [1.54, 1.807) is 0 Å². The molecule has 0 heterocycles. The zero-order valence-corrected chi connectivity index (χ0v) is 9.33. The van der Waals surface area contributed by atoms with Crippen molar-refractivity contribution in [3.8, 4) is 0 Å². The summed E-state index contributed by atoms with van der Waals surface area (Å²) in [6.07, 6.45) is 1.22. The lowest BCUT2D eigenvalue weighted by molar-refractivity contribution is 0.255. The van der Waals surface area contributed by atoms with Crippen LogP contribution in [0.2, 0.25) is 0 Å². The highest BCUT2D eigenvalue weighted by molar-refractivity contribution is 9.09. The Bertz CT molecular complexity index is 91.4. The fraction of sp³-hybridized carbons (Fsp3) is 1.00. The molecule has 0 aromatic rings. The molecule has 2 atom stereocenters. The summed E-state index contributed by atoms with van der Waals surface area (Å²) in [5.41, 5.74) is 0.435. The van der Waals surface area contributed by atoms with Gasteiger partial charge in [0.1, 0.15) is 0 Å². The molecule has 0 aliphatic carbocycles. The Morgan fingerprint density at radius 3 is 1.80 bits per heavy atom. The van der Waals surface area contributed by atoms with Crippen molar-refractivity contribution in [3.05, 3.63) is 0 Å². The molecule has 62 valence electrons. The van der Waals surface area contributed by atoms with Crippen molar-refractivity contribution >= 4 is 15.9 Å². The maximum atomic E-state index is 3.68. The van der Waals surface area contributed by atoms with Crippen LogP contribution in [0.3, 0.4) is 0 Å². The van der Waals surface area contributed by atoms with Gasteiger partial charge in [0, 0.05) is 4.83 Å². The lowest BCUT2D eigenvalue weighted by atomic mass is 9.79. The van der Waals surface area contributed by atoms with Gasteiger partial charge in [-0.25, -0.2) is 0 Å². The van der Waals surface area contributed by atoms with E-state index in [0.717, 1.165) is 5.92 Å². The van der Waals surface area contributed by atoms with Crippen molar-refractivity contribution < 1.29 is 0 Å². The second-order valence-electron chi connectivity index (χ2n) is 4.08. The molecule has 0 aromatic heterocycles. The topological polar surface area (TPSA) is 0 Å². The maximum Gasteiger partial charge on any atom is 0.0173 e. The van der Waals surface area contributed by atoms with Gasteiger partial charge in [0.2, 0.25) is 0 Å². The van der Waals surface area contributed by atoms with Crippen LogP contribution in [0.25, 0.3) is 0 Å². The lowest BCUT2D eigenvalue weighted by Crippen LogP contribution is -2.25. The third-order valence-corrected chi connectivity index (χ3v) is 3.74. The van der Waals surface area contributed by atoms with Crippen LogP contribution in [0.4, 0.5) is 0 Å². The van der Waals surface area contributed by atoms with Gasteiger partial charge in [-0.3, -0.25) is 0 Å². The first kappa shape index (κ1) is 10.5. The molecule has 0 aromatic carbocycles. The van der Waals surface area contributed by atoms with Crippen LogP contribution in [-0.2, 0) is 0 Å². The monoisotopic (exact) mass is 206 g/mol. The number of hydrogen-bond acceptors (Lipinski definition) is 0. The molecule has 10 heavy (non-hydrogen) atoms. The molecule has 0 bridgehead atoms. The highest BCUT2D eigenvalue weighted by atomic mass is 79.9. The second kappa shape index (κ2) is 3.75. The van der Waals surface area contributed by atoms with E-state index in [9.17, 15) is 0 Å². The summed E-state index contributed by atoms with van der Waals surface area (Å²) in [5.74, 6) is 0.748. The van der Waals surface area contributed by atoms with Gasteiger partial charge in [-0.05, 0) is 17.8 Å². The average molecular weight is 207 g/mol. The summed E-state index contributed by atoms with van der Waals surface area (Å²) in [6.45, 7) is 11.4. The highest BCUT2D eigenvalue weighted by Crippen LogP contribution is 2.32. The molecule has 0 amide bonds. The van der Waals surface area contributed by atoms with Crippen molar-refractivity contribution in [3.63, 3.8) is 0 Å². The molecule has 0 nitrogen and oxygen atoms in total. The van der Waals surface area contributed by atoms with Crippen molar-refractivity contribution in [2.75, 3.05) is 0 Å². The van der Waals surface area contributed by atoms with E-state index in [1.807, 2.05) is 0 Å². The van der Waals surface area contributed by atoms with Crippen LogP contribution in [0, 0.1) is 11.3 Å². The van der Waals surface area contributed by atoms with Crippen LogP contribution in [0.1, 0.15) is 41.0 Å². The van der Waals surface area contributed by atoms with Crippen LogP contribution in [0.15, 0.2) is 0 Å². The van der Waals surface area contributed by atoms with Crippen LogP contribution in [-0.4, -0.2) is 4.83 Å². The van der Waals surface area contributed by atoms with E-state index in [4.69, 9.17) is 0 Å². The lowest BCUT2D eigenvalue weighted by Gasteiger charge is -2.30. The Kier molecular flexibility index (Phi) is 3.93. The summed E-state index contributed by atoms with van der Waals surface area (Å²) in [4.78, 5) is 0.674. The van der Waals surface area contributed by atoms with Gasteiger partial charge in [-0.15, -0.1) is 0 Å². The molecule has 2 unspecified atom stereocenters. The smallest absolute Gasteiger partial charge is 0.0173 e. The minimum absolute atomic E-state index is 0.435. The number of hydrogen-bond donors (Lipinski definition) is 0. The fourth-order valence-electron chi connectivity index (χ4n) is 0.896. The quantitative estimate of drug-likeness (QED) is 0.603. The molecule has 0 saturated heterocycles. The second-order valence-corrected chi connectivity index (χ2v) is 5.26. The number of halogens is 1. The highest BCUT2D eigenvalue weighted by Gasteiger charge is 2.24. The molecule has 0 aliphatic heterocycles. The molecule has 0 N–H and O–H groups in total. The van der Waals surface area contributed by atoms with Crippen molar-refractivity contribution in [2.45, 2.75) is 45.9 Å². The molecule has 0 radical (unpaired) electrons. The third kappa shape index (κ3) is 3.05. The Balaban J connectivity index is 3.94. The van der Waals surface area contributed by atoms with Crippen molar-refractivity contribution in [1.29, 1.82) is 0 Å². The predicted molar refractivity (Wildman–Crippen MR) is 51.6 cm³/mol. The van der Waals surface area contributed by atoms with Gasteiger partial charge in [-0.2, -0.15) is 0 Å².